The Morgan fingerprint density at radius 3 is 2.44 bits per heavy atom. The van der Waals surface area contributed by atoms with Crippen LogP contribution in [-0.2, 0) is 11.2 Å². The van der Waals surface area contributed by atoms with Gasteiger partial charge in [-0.3, -0.25) is 9.59 Å². The van der Waals surface area contributed by atoms with Crippen molar-refractivity contribution in [3.05, 3.63) is 52.5 Å². The van der Waals surface area contributed by atoms with Crippen LogP contribution < -0.4 is 14.8 Å². The standard InChI is InChI=1S/C20H23ClN2O4/c1-23(2)20(25)16-12-14(6-8-17(16)21)22-19(24)10-5-13-11-15(26-3)7-9-18(13)27-4/h6-9,11-12H,5,10H2,1-4H3,(H,22,24). The van der Waals surface area contributed by atoms with Gasteiger partial charge in [0.2, 0.25) is 5.91 Å². The molecule has 0 aliphatic carbocycles. The van der Waals surface area contributed by atoms with E-state index >= 15 is 0 Å². The van der Waals surface area contributed by atoms with Crippen LogP contribution in [0.25, 0.3) is 0 Å². The molecule has 0 heterocycles. The number of hydrogen-bond acceptors (Lipinski definition) is 4. The Morgan fingerprint density at radius 1 is 1.07 bits per heavy atom. The topological polar surface area (TPSA) is 67.9 Å². The summed E-state index contributed by atoms with van der Waals surface area (Å²) in [5.41, 5.74) is 1.74. The molecule has 0 unspecified atom stereocenters. The summed E-state index contributed by atoms with van der Waals surface area (Å²) in [6.45, 7) is 0. The SMILES string of the molecule is COc1ccc(OC)c(CCC(=O)Nc2ccc(Cl)c(C(=O)N(C)C)c2)c1. The third-order valence-corrected chi connectivity index (χ3v) is 4.33. The van der Waals surface area contributed by atoms with E-state index in [1.54, 1.807) is 52.6 Å². The molecule has 7 heteroatoms. The third kappa shape index (κ3) is 5.37. The molecule has 0 aromatic heterocycles. The number of carbonyl (C=O) groups excluding carboxylic acids is 2. The molecule has 6 nitrogen and oxygen atoms in total. The number of nitrogens with zero attached hydrogens (tertiary/aromatic N) is 1. The summed E-state index contributed by atoms with van der Waals surface area (Å²) in [6.07, 6.45) is 0.742. The van der Waals surface area contributed by atoms with E-state index in [-0.39, 0.29) is 18.2 Å². The molecule has 0 fully saturated rings. The molecular weight excluding hydrogens is 368 g/mol. The molecule has 0 saturated carbocycles. The van der Waals surface area contributed by atoms with Crippen LogP contribution in [0.2, 0.25) is 5.02 Å². The first-order valence-corrected chi connectivity index (χ1v) is 8.75. The zero-order valence-corrected chi connectivity index (χ0v) is 16.6. The fourth-order valence-corrected chi connectivity index (χ4v) is 2.76. The third-order valence-electron chi connectivity index (χ3n) is 4.00. The molecule has 2 aromatic rings. The van der Waals surface area contributed by atoms with Crippen LogP contribution in [0, 0.1) is 0 Å². The first-order chi connectivity index (χ1) is 12.8. The van der Waals surface area contributed by atoms with E-state index in [0.29, 0.717) is 34.2 Å². The maximum Gasteiger partial charge on any atom is 0.254 e. The van der Waals surface area contributed by atoms with Gasteiger partial charge in [-0.1, -0.05) is 11.6 Å². The number of benzene rings is 2. The minimum absolute atomic E-state index is 0.176. The van der Waals surface area contributed by atoms with Crippen LogP contribution in [-0.4, -0.2) is 45.0 Å². The molecule has 0 bridgehead atoms. The lowest BCUT2D eigenvalue weighted by molar-refractivity contribution is -0.116. The molecule has 0 saturated heterocycles. The van der Waals surface area contributed by atoms with Crippen molar-refractivity contribution in [2.75, 3.05) is 33.6 Å². The maximum atomic E-state index is 12.3. The monoisotopic (exact) mass is 390 g/mol. The van der Waals surface area contributed by atoms with Crippen molar-refractivity contribution in [2.24, 2.45) is 0 Å². The van der Waals surface area contributed by atoms with Crippen molar-refractivity contribution in [1.29, 1.82) is 0 Å². The number of amides is 2. The number of aryl methyl sites for hydroxylation is 1. The largest absolute Gasteiger partial charge is 0.497 e. The van der Waals surface area contributed by atoms with Gasteiger partial charge in [0, 0.05) is 26.2 Å². The molecule has 144 valence electrons. The second-order valence-electron chi connectivity index (χ2n) is 6.12. The highest BCUT2D eigenvalue weighted by Crippen LogP contribution is 2.26. The Kier molecular flexibility index (Phi) is 7.07. The second-order valence-corrected chi connectivity index (χ2v) is 6.53. The zero-order chi connectivity index (χ0) is 20.0. The van der Waals surface area contributed by atoms with Crippen molar-refractivity contribution in [3.63, 3.8) is 0 Å². The summed E-state index contributed by atoms with van der Waals surface area (Å²) in [4.78, 5) is 25.9. The predicted molar refractivity (Wildman–Crippen MR) is 106 cm³/mol. The maximum absolute atomic E-state index is 12.3. The number of rotatable bonds is 7. The van der Waals surface area contributed by atoms with Gasteiger partial charge in [0.1, 0.15) is 11.5 Å². The average molecular weight is 391 g/mol. The first-order valence-electron chi connectivity index (χ1n) is 8.37. The summed E-state index contributed by atoms with van der Waals surface area (Å²) in [5, 5.41) is 3.14. The van der Waals surface area contributed by atoms with E-state index in [0.717, 1.165) is 5.56 Å². The quantitative estimate of drug-likeness (QED) is 0.783. The minimum atomic E-state index is -0.225. The van der Waals surface area contributed by atoms with E-state index in [9.17, 15) is 9.59 Å². The van der Waals surface area contributed by atoms with Gasteiger partial charge in [-0.05, 0) is 48.4 Å². The summed E-state index contributed by atoms with van der Waals surface area (Å²) in [7, 11) is 6.46. The van der Waals surface area contributed by atoms with Gasteiger partial charge >= 0.3 is 0 Å². The van der Waals surface area contributed by atoms with E-state index in [4.69, 9.17) is 21.1 Å². The van der Waals surface area contributed by atoms with E-state index in [1.807, 2.05) is 12.1 Å². The summed E-state index contributed by atoms with van der Waals surface area (Å²) >= 11 is 6.09. The average Bonchev–Trinajstić information content (AvgIpc) is 2.66. The number of anilines is 1. The Hall–Kier alpha value is -2.73. The van der Waals surface area contributed by atoms with Gasteiger partial charge in [-0.15, -0.1) is 0 Å². The Bertz CT molecular complexity index is 837. The van der Waals surface area contributed by atoms with Crippen LogP contribution in [0.1, 0.15) is 22.3 Å². The second kappa shape index (κ2) is 9.28. The highest BCUT2D eigenvalue weighted by atomic mass is 35.5. The Labute approximate surface area is 164 Å². The molecule has 0 aliphatic rings. The fourth-order valence-electron chi connectivity index (χ4n) is 2.56. The van der Waals surface area contributed by atoms with E-state index in [1.165, 1.54) is 4.90 Å². The van der Waals surface area contributed by atoms with Crippen LogP contribution in [0.5, 0.6) is 11.5 Å². The summed E-state index contributed by atoms with van der Waals surface area (Å²) in [6, 6.07) is 10.3. The van der Waals surface area contributed by atoms with Gasteiger partial charge in [0.15, 0.2) is 0 Å². The molecule has 2 aromatic carbocycles. The number of nitrogens with one attached hydrogen (secondary N) is 1. The first kappa shape index (κ1) is 20.6. The van der Waals surface area contributed by atoms with Crippen molar-refractivity contribution < 1.29 is 19.1 Å². The summed E-state index contributed by atoms with van der Waals surface area (Å²) < 4.78 is 10.5. The number of carbonyl (C=O) groups is 2. The molecule has 2 amide bonds. The van der Waals surface area contributed by atoms with Gasteiger partial charge in [-0.25, -0.2) is 0 Å². The lowest BCUT2D eigenvalue weighted by atomic mass is 10.1. The minimum Gasteiger partial charge on any atom is -0.497 e. The van der Waals surface area contributed by atoms with Gasteiger partial charge < -0.3 is 19.7 Å². The van der Waals surface area contributed by atoms with Gasteiger partial charge in [-0.2, -0.15) is 0 Å². The van der Waals surface area contributed by atoms with Crippen molar-refractivity contribution in [1.82, 2.24) is 4.90 Å². The van der Waals surface area contributed by atoms with Crippen LogP contribution in [0.3, 0.4) is 0 Å². The van der Waals surface area contributed by atoms with Crippen LogP contribution in [0.4, 0.5) is 5.69 Å². The lowest BCUT2D eigenvalue weighted by Crippen LogP contribution is -2.22. The smallest absolute Gasteiger partial charge is 0.254 e. The highest BCUT2D eigenvalue weighted by molar-refractivity contribution is 6.34. The van der Waals surface area contributed by atoms with Crippen LogP contribution >= 0.6 is 11.6 Å². The van der Waals surface area contributed by atoms with Gasteiger partial charge in [0.05, 0.1) is 24.8 Å². The lowest BCUT2D eigenvalue weighted by Gasteiger charge is -2.13. The normalized spacial score (nSPS) is 10.3. The van der Waals surface area contributed by atoms with E-state index in [2.05, 4.69) is 5.32 Å². The predicted octanol–water partition coefficient (Wildman–Crippen LogP) is 3.63. The van der Waals surface area contributed by atoms with E-state index < -0.39 is 0 Å². The highest BCUT2D eigenvalue weighted by Gasteiger charge is 2.14. The molecule has 0 atom stereocenters. The molecule has 27 heavy (non-hydrogen) atoms. The fraction of sp³-hybridized carbons (Fsp3) is 0.300. The Balaban J connectivity index is 2.06. The number of halogens is 1. The van der Waals surface area contributed by atoms with Gasteiger partial charge in [0.25, 0.3) is 5.91 Å². The molecule has 0 aliphatic heterocycles. The molecule has 0 spiro atoms. The number of ether oxygens (including phenoxy) is 2. The zero-order valence-electron chi connectivity index (χ0n) is 15.8. The van der Waals surface area contributed by atoms with Crippen molar-refractivity contribution in [3.8, 4) is 11.5 Å². The summed E-state index contributed by atoms with van der Waals surface area (Å²) in [5.74, 6) is 1.01. The molecule has 0 radical (unpaired) electrons. The number of hydrogen-bond donors (Lipinski definition) is 1. The molecule has 2 rings (SSSR count). The van der Waals surface area contributed by atoms with Crippen molar-refractivity contribution >= 4 is 29.1 Å². The molecular formula is C20H23ClN2O4. The molecule has 1 N–H and O–H groups in total. The number of methoxy groups -OCH3 is 2. The van der Waals surface area contributed by atoms with Crippen LogP contribution in [0.15, 0.2) is 36.4 Å². The van der Waals surface area contributed by atoms with Crippen molar-refractivity contribution in [2.45, 2.75) is 12.8 Å². The Morgan fingerprint density at radius 2 is 1.81 bits per heavy atom.